The van der Waals surface area contributed by atoms with E-state index in [0.717, 1.165) is 0 Å². The maximum absolute atomic E-state index is 10.6. The van der Waals surface area contributed by atoms with E-state index in [1.54, 1.807) is 0 Å². The van der Waals surface area contributed by atoms with Crippen LogP contribution >= 0.6 is 0 Å². The van der Waals surface area contributed by atoms with Gasteiger partial charge in [-0.2, -0.15) is 0 Å². The average Bonchev–Trinajstić information content (AvgIpc) is 3.02. The highest BCUT2D eigenvalue weighted by atomic mass is 16.8. The van der Waals surface area contributed by atoms with Gasteiger partial charge in [0.15, 0.2) is 5.79 Å². The van der Waals surface area contributed by atoms with Crippen molar-refractivity contribution >= 4 is 5.82 Å². The number of ether oxygens (including phenoxy) is 3. The summed E-state index contributed by atoms with van der Waals surface area (Å²) in [5.74, 6) is -0.945. The molecule has 3 heterocycles. The van der Waals surface area contributed by atoms with Crippen molar-refractivity contribution in [2.75, 3.05) is 6.61 Å². The number of hydrogen-bond donors (Lipinski definition) is 1. The smallest absolute Gasteiger partial charge is 0.381 e. The van der Waals surface area contributed by atoms with Crippen LogP contribution in [0.3, 0.4) is 0 Å². The second-order valence-corrected chi connectivity index (χ2v) is 5.69. The molecule has 1 aromatic rings. The Labute approximate surface area is 120 Å². The fourth-order valence-corrected chi connectivity index (χ4v) is 2.76. The van der Waals surface area contributed by atoms with Gasteiger partial charge in [-0.3, -0.25) is 0 Å². The Morgan fingerprint density at radius 2 is 2.38 bits per heavy atom. The summed E-state index contributed by atoms with van der Waals surface area (Å²) < 4.78 is 18.4. The molecule has 4 atom stereocenters. The van der Waals surface area contributed by atoms with Crippen molar-refractivity contribution in [1.29, 1.82) is 0 Å². The van der Waals surface area contributed by atoms with Gasteiger partial charge in [-0.1, -0.05) is 0 Å². The van der Waals surface area contributed by atoms with Gasteiger partial charge in [-0.25, -0.2) is 0 Å². The number of aliphatic hydroxyl groups excluding tert-OH is 1. The van der Waals surface area contributed by atoms with E-state index in [-0.39, 0.29) is 24.6 Å². The van der Waals surface area contributed by atoms with E-state index in [9.17, 15) is 15.2 Å². The van der Waals surface area contributed by atoms with Crippen molar-refractivity contribution in [3.63, 3.8) is 0 Å². The number of nitro groups is 1. The molecule has 2 fully saturated rings. The molecular formula is C12H17N3O6. The maximum Gasteiger partial charge on any atom is 0.381 e. The molecule has 0 aromatic carbocycles. The van der Waals surface area contributed by atoms with Crippen LogP contribution in [-0.2, 0) is 20.8 Å². The molecule has 0 aliphatic carbocycles. The minimum atomic E-state index is -0.869. The van der Waals surface area contributed by atoms with Crippen LogP contribution in [0.25, 0.3) is 0 Å². The first kappa shape index (κ1) is 14.4. The molecule has 21 heavy (non-hydrogen) atoms. The molecule has 2 saturated heterocycles. The van der Waals surface area contributed by atoms with E-state index in [0.29, 0.717) is 6.61 Å². The fraction of sp³-hybridized carbons (Fsp3) is 0.750. The van der Waals surface area contributed by atoms with Crippen LogP contribution in [0.2, 0.25) is 0 Å². The van der Waals surface area contributed by atoms with E-state index < -0.39 is 22.9 Å². The number of aromatic nitrogens is 2. The fourth-order valence-electron chi connectivity index (χ4n) is 2.76. The van der Waals surface area contributed by atoms with Crippen LogP contribution in [0.5, 0.6) is 0 Å². The predicted molar refractivity (Wildman–Crippen MR) is 68.5 cm³/mol. The molecular weight excluding hydrogens is 282 g/mol. The third-order valence-electron chi connectivity index (χ3n) is 3.58. The summed E-state index contributed by atoms with van der Waals surface area (Å²) in [5, 5.41) is 20.9. The van der Waals surface area contributed by atoms with Crippen molar-refractivity contribution < 1.29 is 24.2 Å². The number of fused-ring (bicyclic) bond motifs is 1. The summed E-state index contributed by atoms with van der Waals surface area (Å²) in [7, 11) is 0. The molecule has 1 N–H and O–H groups in total. The molecule has 0 amide bonds. The quantitative estimate of drug-likeness (QED) is 0.619. The Hall–Kier alpha value is -1.55. The van der Waals surface area contributed by atoms with Crippen molar-refractivity contribution in [3.05, 3.63) is 22.6 Å². The van der Waals surface area contributed by atoms with Gasteiger partial charge >= 0.3 is 5.82 Å². The molecule has 0 bridgehead atoms. The van der Waals surface area contributed by atoms with E-state index >= 15 is 0 Å². The van der Waals surface area contributed by atoms with Crippen molar-refractivity contribution in [3.8, 4) is 0 Å². The van der Waals surface area contributed by atoms with Crippen molar-refractivity contribution in [2.45, 2.75) is 50.6 Å². The van der Waals surface area contributed by atoms with Gasteiger partial charge in [0.25, 0.3) is 0 Å². The lowest BCUT2D eigenvalue weighted by Gasteiger charge is -2.24. The molecule has 9 nitrogen and oxygen atoms in total. The van der Waals surface area contributed by atoms with Crippen LogP contribution in [0, 0.1) is 10.1 Å². The van der Waals surface area contributed by atoms with Gasteiger partial charge < -0.3 is 34.0 Å². The summed E-state index contributed by atoms with van der Waals surface area (Å²) >= 11 is 0. The Kier molecular flexibility index (Phi) is 3.44. The Morgan fingerprint density at radius 3 is 3.05 bits per heavy atom. The number of nitrogens with zero attached hydrogens (tertiary/aromatic N) is 3. The summed E-state index contributed by atoms with van der Waals surface area (Å²) in [5.41, 5.74) is 0. The predicted octanol–water partition coefficient (Wildman–Crippen LogP) is 0.0711. The standard InChI is InChI=1S/C12H17N3O6/c1-12(2)20-8-5-19-10(11(8)21-12)7(16)3-14-4-9(13-6-14)15(17)18/h4,6-8,10-11,16H,3,5H2,1-2H3/t7-,8-,10-,11-/m1/s1. The van der Waals surface area contributed by atoms with Gasteiger partial charge in [-0.15, -0.1) is 0 Å². The highest BCUT2D eigenvalue weighted by molar-refractivity contribution is 5.12. The van der Waals surface area contributed by atoms with E-state index in [1.807, 2.05) is 13.8 Å². The van der Waals surface area contributed by atoms with Gasteiger partial charge in [0.1, 0.15) is 30.6 Å². The Bertz CT molecular complexity index is 545. The van der Waals surface area contributed by atoms with Crippen LogP contribution in [-0.4, -0.2) is 56.4 Å². The van der Waals surface area contributed by atoms with Crippen LogP contribution in [0.1, 0.15) is 13.8 Å². The maximum atomic E-state index is 10.6. The number of hydrogen-bond acceptors (Lipinski definition) is 7. The molecule has 0 radical (unpaired) electrons. The summed E-state index contributed by atoms with van der Waals surface area (Å²) in [6.45, 7) is 4.13. The monoisotopic (exact) mass is 299 g/mol. The topological polar surface area (TPSA) is 109 Å². The lowest BCUT2D eigenvalue weighted by molar-refractivity contribution is -0.389. The summed E-state index contributed by atoms with van der Waals surface area (Å²) in [4.78, 5) is 13.6. The zero-order valence-corrected chi connectivity index (χ0v) is 11.7. The molecule has 2 aliphatic heterocycles. The first-order valence-corrected chi connectivity index (χ1v) is 6.67. The van der Waals surface area contributed by atoms with Crippen molar-refractivity contribution in [1.82, 2.24) is 9.55 Å². The van der Waals surface area contributed by atoms with Crippen LogP contribution in [0.4, 0.5) is 5.82 Å². The van der Waals surface area contributed by atoms with Crippen LogP contribution in [0.15, 0.2) is 12.5 Å². The third-order valence-corrected chi connectivity index (χ3v) is 3.58. The highest BCUT2D eigenvalue weighted by Crippen LogP contribution is 2.36. The Morgan fingerprint density at radius 1 is 1.62 bits per heavy atom. The first-order chi connectivity index (χ1) is 9.85. The number of rotatable bonds is 4. The second kappa shape index (κ2) is 5.02. The lowest BCUT2D eigenvalue weighted by atomic mass is 10.1. The third kappa shape index (κ3) is 2.77. The molecule has 0 unspecified atom stereocenters. The first-order valence-electron chi connectivity index (χ1n) is 6.67. The van der Waals surface area contributed by atoms with E-state index in [4.69, 9.17) is 14.2 Å². The van der Waals surface area contributed by atoms with Crippen molar-refractivity contribution in [2.24, 2.45) is 0 Å². The normalized spacial score (nSPS) is 32.0. The zero-order valence-electron chi connectivity index (χ0n) is 11.7. The summed E-state index contributed by atoms with van der Waals surface area (Å²) in [6.07, 6.45) is 0.643. The summed E-state index contributed by atoms with van der Waals surface area (Å²) in [6, 6.07) is 0. The molecule has 2 aliphatic rings. The minimum Gasteiger partial charge on any atom is -0.388 e. The Balaban J connectivity index is 1.65. The zero-order chi connectivity index (χ0) is 15.2. The van der Waals surface area contributed by atoms with E-state index in [1.165, 1.54) is 17.1 Å². The molecule has 9 heteroatoms. The molecule has 116 valence electrons. The average molecular weight is 299 g/mol. The molecule has 0 saturated carbocycles. The number of imidazole rings is 1. The lowest BCUT2D eigenvalue weighted by Crippen LogP contribution is -2.40. The highest BCUT2D eigenvalue weighted by Gasteiger charge is 2.52. The van der Waals surface area contributed by atoms with Crippen LogP contribution < -0.4 is 0 Å². The number of aliphatic hydroxyl groups is 1. The van der Waals surface area contributed by atoms with Gasteiger partial charge in [0.2, 0.25) is 6.33 Å². The van der Waals surface area contributed by atoms with Gasteiger partial charge in [0, 0.05) is 0 Å². The SMILES string of the molecule is CC1(C)O[C@H]2[C@@H]([C@H](O)Cn3cnc([N+](=O)[O-])c3)OC[C@H]2O1. The molecule has 1 aromatic heterocycles. The van der Waals surface area contributed by atoms with Gasteiger partial charge in [-0.05, 0) is 23.8 Å². The molecule has 3 rings (SSSR count). The van der Waals surface area contributed by atoms with E-state index in [2.05, 4.69) is 4.98 Å². The largest absolute Gasteiger partial charge is 0.388 e. The minimum absolute atomic E-state index is 0.137. The molecule has 0 spiro atoms. The van der Waals surface area contributed by atoms with Gasteiger partial charge in [0.05, 0.1) is 13.2 Å². The second-order valence-electron chi connectivity index (χ2n) is 5.69.